The summed E-state index contributed by atoms with van der Waals surface area (Å²) in [6.07, 6.45) is 1.51. The van der Waals surface area contributed by atoms with Gasteiger partial charge in [-0.1, -0.05) is 49.3 Å². The number of amides is 1. The first kappa shape index (κ1) is 26.8. The highest BCUT2D eigenvalue weighted by atomic mass is 32.2. The highest BCUT2D eigenvalue weighted by molar-refractivity contribution is 7.99. The number of ketones is 1. The van der Waals surface area contributed by atoms with E-state index in [-0.39, 0.29) is 54.3 Å². The van der Waals surface area contributed by atoms with Gasteiger partial charge >= 0.3 is 0 Å². The molecule has 2 aromatic rings. The smallest absolute Gasteiger partial charge is 0.293 e. The third-order valence-corrected chi connectivity index (χ3v) is 5.84. The lowest BCUT2D eigenvalue weighted by molar-refractivity contribution is -0.124. The monoisotopic (exact) mass is 486 g/mol. The van der Waals surface area contributed by atoms with Crippen LogP contribution in [0.25, 0.3) is 0 Å². The van der Waals surface area contributed by atoms with E-state index in [4.69, 9.17) is 10.6 Å². The minimum Gasteiger partial charge on any atom is -0.411 e. The van der Waals surface area contributed by atoms with Gasteiger partial charge in [0.15, 0.2) is 11.6 Å². The van der Waals surface area contributed by atoms with Crippen molar-refractivity contribution in [3.05, 3.63) is 58.1 Å². The van der Waals surface area contributed by atoms with E-state index in [0.29, 0.717) is 11.4 Å². The van der Waals surface area contributed by atoms with Crippen molar-refractivity contribution in [3.63, 3.8) is 0 Å². The lowest BCUT2D eigenvalue weighted by Crippen LogP contribution is -2.37. The number of aromatic nitrogens is 2. The van der Waals surface area contributed by atoms with E-state index in [0.717, 1.165) is 5.56 Å². The van der Waals surface area contributed by atoms with Gasteiger partial charge in [-0.15, -0.1) is 11.8 Å². The highest BCUT2D eigenvalue weighted by Gasteiger charge is 2.15. The molecule has 0 radical (unpaired) electrons. The zero-order valence-electron chi connectivity index (χ0n) is 19.5. The van der Waals surface area contributed by atoms with Gasteiger partial charge in [0.05, 0.1) is 36.0 Å². The third-order valence-electron chi connectivity index (χ3n) is 4.77. The fourth-order valence-corrected chi connectivity index (χ4v) is 3.61. The number of nitrogens with zero attached hydrogens (tertiary/aromatic N) is 3. The summed E-state index contributed by atoms with van der Waals surface area (Å²) in [5.41, 5.74) is 1.28. The summed E-state index contributed by atoms with van der Waals surface area (Å²) in [7, 11) is 0. The van der Waals surface area contributed by atoms with Crippen LogP contribution in [0.4, 0.5) is 5.82 Å². The Kier molecular flexibility index (Phi) is 10.5. The molecule has 1 heterocycles. The van der Waals surface area contributed by atoms with Crippen molar-refractivity contribution in [2.45, 2.75) is 39.0 Å². The Morgan fingerprint density at radius 1 is 1.24 bits per heavy atom. The Morgan fingerprint density at radius 2 is 1.94 bits per heavy atom. The van der Waals surface area contributed by atoms with Crippen LogP contribution in [0, 0.1) is 5.41 Å². The van der Waals surface area contributed by atoms with Crippen LogP contribution in [0.3, 0.4) is 0 Å². The Hall–Kier alpha value is -3.47. The minimum atomic E-state index is -0.532. The van der Waals surface area contributed by atoms with E-state index in [1.165, 1.54) is 29.4 Å². The fraction of sp³-hybridized carbons (Fsp3) is 0.391. The second-order valence-corrected chi connectivity index (χ2v) is 8.90. The minimum absolute atomic E-state index is 0.00779. The van der Waals surface area contributed by atoms with Crippen LogP contribution in [-0.2, 0) is 21.9 Å². The lowest BCUT2D eigenvalue weighted by atomic mass is 10.1. The predicted octanol–water partition coefficient (Wildman–Crippen LogP) is 2.27. The highest BCUT2D eigenvalue weighted by Crippen LogP contribution is 2.12. The maximum absolute atomic E-state index is 12.8. The van der Waals surface area contributed by atoms with Gasteiger partial charge in [-0.2, -0.15) is 0 Å². The quantitative estimate of drug-likeness (QED) is 0.193. The van der Waals surface area contributed by atoms with Crippen molar-refractivity contribution in [1.29, 1.82) is 5.41 Å². The predicted molar refractivity (Wildman–Crippen MR) is 134 cm³/mol. The van der Waals surface area contributed by atoms with Crippen LogP contribution < -0.4 is 16.2 Å². The number of benzene rings is 1. The molecule has 0 atom stereocenters. The largest absolute Gasteiger partial charge is 0.411 e. The van der Waals surface area contributed by atoms with Gasteiger partial charge in [-0.25, -0.2) is 4.98 Å². The molecular formula is C23H30N6O4S. The topological polar surface area (TPSA) is 150 Å². The fourth-order valence-electron chi connectivity index (χ4n) is 2.75. The first-order valence-electron chi connectivity index (χ1n) is 10.7. The van der Waals surface area contributed by atoms with Gasteiger partial charge in [0.25, 0.3) is 5.56 Å². The zero-order valence-corrected chi connectivity index (χ0v) is 20.3. The molecule has 0 unspecified atom stereocenters. The van der Waals surface area contributed by atoms with Crippen LogP contribution in [0.2, 0.25) is 0 Å². The van der Waals surface area contributed by atoms with Crippen molar-refractivity contribution in [2.24, 2.45) is 5.16 Å². The Bertz CT molecular complexity index is 1100. The third kappa shape index (κ3) is 8.47. The number of Topliss-reactive ketones (excluding diaryl/α,β-unsaturated/α-hetero) is 1. The first-order valence-corrected chi connectivity index (χ1v) is 11.9. The van der Waals surface area contributed by atoms with Crippen molar-refractivity contribution >= 4 is 40.7 Å². The number of nitrogens with one attached hydrogen (secondary N) is 3. The van der Waals surface area contributed by atoms with Gasteiger partial charge in [0.2, 0.25) is 5.91 Å². The van der Waals surface area contributed by atoms with E-state index >= 15 is 0 Å². The molecule has 1 aromatic heterocycles. The van der Waals surface area contributed by atoms with Gasteiger partial charge < -0.3 is 25.8 Å². The van der Waals surface area contributed by atoms with Gasteiger partial charge in [0, 0.05) is 11.9 Å². The molecule has 1 amide bonds. The van der Waals surface area contributed by atoms with Gasteiger partial charge in [-0.05, 0) is 18.4 Å². The molecule has 1 aromatic carbocycles. The van der Waals surface area contributed by atoms with Crippen molar-refractivity contribution < 1.29 is 14.8 Å². The number of rotatable bonds is 13. The van der Waals surface area contributed by atoms with Crippen LogP contribution in [0.5, 0.6) is 0 Å². The van der Waals surface area contributed by atoms with E-state index in [1.807, 2.05) is 44.2 Å². The molecule has 182 valence electrons. The number of carbonyl (C=O) groups excluding carboxylic acids is 2. The van der Waals surface area contributed by atoms with E-state index in [9.17, 15) is 14.4 Å². The van der Waals surface area contributed by atoms with Crippen LogP contribution >= 0.6 is 11.8 Å². The van der Waals surface area contributed by atoms with Crippen molar-refractivity contribution in [1.82, 2.24) is 14.9 Å². The maximum atomic E-state index is 12.8. The zero-order chi connectivity index (χ0) is 25.1. The molecule has 0 spiro atoms. The van der Waals surface area contributed by atoms with Crippen molar-refractivity contribution in [3.8, 4) is 0 Å². The van der Waals surface area contributed by atoms with Crippen LogP contribution in [0.15, 0.2) is 46.5 Å². The molecule has 0 aliphatic carbocycles. The number of oxime groups is 1. The van der Waals surface area contributed by atoms with E-state index in [2.05, 4.69) is 20.8 Å². The molecule has 0 fully saturated rings. The number of anilines is 1. The summed E-state index contributed by atoms with van der Waals surface area (Å²) in [4.78, 5) is 41.6. The summed E-state index contributed by atoms with van der Waals surface area (Å²) in [5.74, 6) is 0.384. The maximum Gasteiger partial charge on any atom is 0.293 e. The Labute approximate surface area is 202 Å². The Balaban J connectivity index is 1.95. The Morgan fingerprint density at radius 3 is 2.59 bits per heavy atom. The summed E-state index contributed by atoms with van der Waals surface area (Å²) < 4.78 is 1.23. The van der Waals surface area contributed by atoms with Crippen molar-refractivity contribution in [2.75, 3.05) is 24.2 Å². The lowest BCUT2D eigenvalue weighted by Gasteiger charge is -2.14. The molecule has 10 nitrogen and oxygen atoms in total. The molecule has 11 heteroatoms. The van der Waals surface area contributed by atoms with E-state index < -0.39 is 11.5 Å². The molecule has 0 saturated heterocycles. The molecule has 0 aliphatic rings. The number of hydrogen-bond acceptors (Lipinski definition) is 9. The first-order chi connectivity index (χ1) is 16.2. The second-order valence-electron chi connectivity index (χ2n) is 7.91. The number of carbonyl (C=O) groups is 2. The molecule has 34 heavy (non-hydrogen) atoms. The van der Waals surface area contributed by atoms with Crippen LogP contribution in [0.1, 0.15) is 37.9 Å². The average molecular weight is 487 g/mol. The standard InChI is InChI=1S/C23H30N6O4S/c1-15(2)20-11-29(23(32)22(27-20)26-10-19(24)16(3)28-33)12-21(31)25-9-18(30)14-34-13-17-7-5-4-6-8-17/h4-8,11,15,24,33H,9-10,12-14H2,1-3H3,(H,25,31)(H,26,27)/b24-19?,28-16-. The molecule has 0 aliphatic heterocycles. The van der Waals surface area contributed by atoms with Crippen LogP contribution in [-0.4, -0.2) is 56.7 Å². The average Bonchev–Trinajstić information content (AvgIpc) is 2.83. The molecule has 0 bridgehead atoms. The summed E-state index contributed by atoms with van der Waals surface area (Å²) in [6, 6.07) is 9.80. The molecule has 0 saturated carbocycles. The molecular weight excluding hydrogens is 456 g/mol. The van der Waals surface area contributed by atoms with Gasteiger partial charge in [0.1, 0.15) is 6.54 Å². The van der Waals surface area contributed by atoms with E-state index in [1.54, 1.807) is 0 Å². The number of thioether (sulfide) groups is 1. The second kappa shape index (κ2) is 13.3. The summed E-state index contributed by atoms with van der Waals surface area (Å²) >= 11 is 1.48. The normalized spacial score (nSPS) is 11.4. The SMILES string of the molecule is C/C(=N/O)C(=N)CNc1nc(C(C)C)cn(CC(=O)NCC(=O)CSCc2ccccc2)c1=O. The number of hydrogen-bond donors (Lipinski definition) is 4. The summed E-state index contributed by atoms with van der Waals surface area (Å²) in [6.45, 7) is 4.82. The summed E-state index contributed by atoms with van der Waals surface area (Å²) in [5, 5.41) is 24.9. The molecule has 4 N–H and O–H groups in total. The van der Waals surface area contributed by atoms with Gasteiger partial charge in [-0.3, -0.25) is 14.4 Å². The molecule has 2 rings (SSSR count).